The van der Waals surface area contributed by atoms with Gasteiger partial charge in [-0.3, -0.25) is 0 Å². The first-order valence-corrected chi connectivity index (χ1v) is 4.96. The summed E-state index contributed by atoms with van der Waals surface area (Å²) >= 11 is 0. The Labute approximate surface area is 78.1 Å². The number of nitrogens with zero attached hydrogens (tertiary/aromatic N) is 3. The number of aromatic nitrogens is 3. The lowest BCUT2D eigenvalue weighted by Gasteiger charge is -2.09. The predicted molar refractivity (Wildman–Crippen MR) is 50.1 cm³/mol. The Bertz CT molecular complexity index is 244. The summed E-state index contributed by atoms with van der Waals surface area (Å²) in [6.45, 7) is 0.814. The lowest BCUT2D eigenvalue weighted by Crippen LogP contribution is -2.08. The molecule has 1 aromatic heterocycles. The van der Waals surface area contributed by atoms with Crippen LogP contribution in [0.2, 0.25) is 0 Å². The second kappa shape index (κ2) is 3.87. The maximum atomic E-state index is 5.54. The molecule has 1 aliphatic carbocycles. The van der Waals surface area contributed by atoms with Crippen molar-refractivity contribution < 1.29 is 0 Å². The van der Waals surface area contributed by atoms with Gasteiger partial charge in [0.05, 0.1) is 12.2 Å². The molecule has 1 aliphatic rings. The maximum absolute atomic E-state index is 5.54. The molecule has 2 atom stereocenters. The third-order valence-corrected chi connectivity index (χ3v) is 2.90. The molecule has 0 aromatic carbocycles. The molecule has 1 fully saturated rings. The Hall–Kier alpha value is -0.900. The molecular formula is C9H16N4. The molecule has 1 heterocycles. The molecule has 1 aromatic rings. The average molecular weight is 180 g/mol. The van der Waals surface area contributed by atoms with Crippen LogP contribution in [0.25, 0.3) is 0 Å². The first-order valence-electron chi connectivity index (χ1n) is 4.96. The zero-order valence-electron chi connectivity index (χ0n) is 7.76. The summed E-state index contributed by atoms with van der Waals surface area (Å²) in [7, 11) is 0. The highest BCUT2D eigenvalue weighted by Crippen LogP contribution is 2.35. The Balaban J connectivity index is 1.91. The standard InChI is InChI=1S/C9H16N4/c10-4-3-8-1-2-9(7-8)13-6-5-11-12-13/h5-6,8-9H,1-4,7,10H2. The summed E-state index contributed by atoms with van der Waals surface area (Å²) in [5, 5.41) is 7.85. The Morgan fingerprint density at radius 3 is 3.08 bits per heavy atom. The second-order valence-corrected chi connectivity index (χ2v) is 3.79. The summed E-state index contributed by atoms with van der Waals surface area (Å²) in [6, 6.07) is 0.569. The number of hydrogen-bond acceptors (Lipinski definition) is 3. The van der Waals surface area contributed by atoms with Crippen LogP contribution in [-0.4, -0.2) is 21.5 Å². The van der Waals surface area contributed by atoms with Gasteiger partial charge in [0.15, 0.2) is 0 Å². The van der Waals surface area contributed by atoms with E-state index >= 15 is 0 Å². The van der Waals surface area contributed by atoms with Gasteiger partial charge in [0.2, 0.25) is 0 Å². The van der Waals surface area contributed by atoms with Crippen molar-refractivity contribution in [2.75, 3.05) is 6.54 Å². The zero-order valence-corrected chi connectivity index (χ0v) is 7.76. The van der Waals surface area contributed by atoms with Crippen molar-refractivity contribution in [3.05, 3.63) is 12.4 Å². The van der Waals surface area contributed by atoms with E-state index in [1.54, 1.807) is 6.20 Å². The molecule has 72 valence electrons. The lowest BCUT2D eigenvalue weighted by atomic mass is 10.0. The lowest BCUT2D eigenvalue weighted by molar-refractivity contribution is 0.422. The molecule has 4 nitrogen and oxygen atoms in total. The molecule has 2 rings (SSSR count). The van der Waals surface area contributed by atoms with Crippen LogP contribution >= 0.6 is 0 Å². The van der Waals surface area contributed by atoms with Crippen LogP contribution in [0, 0.1) is 5.92 Å². The molecule has 2 N–H and O–H groups in total. The van der Waals surface area contributed by atoms with Gasteiger partial charge in [-0.25, -0.2) is 4.68 Å². The summed E-state index contributed by atoms with van der Waals surface area (Å²) in [5.74, 6) is 0.805. The fraction of sp³-hybridized carbons (Fsp3) is 0.778. The van der Waals surface area contributed by atoms with Crippen LogP contribution in [0.5, 0.6) is 0 Å². The van der Waals surface area contributed by atoms with Crippen molar-refractivity contribution in [3.63, 3.8) is 0 Å². The quantitative estimate of drug-likeness (QED) is 0.754. The summed E-state index contributed by atoms with van der Waals surface area (Å²) in [6.07, 6.45) is 8.60. The Kier molecular flexibility index (Phi) is 2.59. The molecule has 13 heavy (non-hydrogen) atoms. The first-order chi connectivity index (χ1) is 6.40. The minimum atomic E-state index is 0.569. The number of nitrogens with two attached hydrogens (primary N) is 1. The van der Waals surface area contributed by atoms with Gasteiger partial charge < -0.3 is 5.73 Å². The van der Waals surface area contributed by atoms with Crippen LogP contribution in [0.3, 0.4) is 0 Å². The second-order valence-electron chi connectivity index (χ2n) is 3.79. The van der Waals surface area contributed by atoms with Gasteiger partial charge >= 0.3 is 0 Å². The summed E-state index contributed by atoms with van der Waals surface area (Å²) in [4.78, 5) is 0. The van der Waals surface area contributed by atoms with Gasteiger partial charge in [-0.15, -0.1) is 5.10 Å². The van der Waals surface area contributed by atoms with E-state index in [4.69, 9.17) is 5.73 Å². The maximum Gasteiger partial charge on any atom is 0.0693 e. The first kappa shape index (κ1) is 8.69. The van der Waals surface area contributed by atoms with E-state index in [9.17, 15) is 0 Å². The van der Waals surface area contributed by atoms with E-state index < -0.39 is 0 Å². The van der Waals surface area contributed by atoms with Crippen molar-refractivity contribution in [3.8, 4) is 0 Å². The molecule has 0 amide bonds. The van der Waals surface area contributed by atoms with Crippen molar-refractivity contribution >= 4 is 0 Å². The van der Waals surface area contributed by atoms with Crippen LogP contribution in [0.15, 0.2) is 12.4 Å². The van der Waals surface area contributed by atoms with Crippen molar-refractivity contribution in [2.24, 2.45) is 11.7 Å². The van der Waals surface area contributed by atoms with Gasteiger partial charge in [0, 0.05) is 6.20 Å². The van der Waals surface area contributed by atoms with Crippen LogP contribution in [-0.2, 0) is 0 Å². The van der Waals surface area contributed by atoms with Gasteiger partial charge in [-0.1, -0.05) is 5.21 Å². The normalized spacial score (nSPS) is 28.1. The third-order valence-electron chi connectivity index (χ3n) is 2.90. The Morgan fingerprint density at radius 1 is 1.46 bits per heavy atom. The highest BCUT2D eigenvalue weighted by Gasteiger charge is 2.25. The minimum Gasteiger partial charge on any atom is -0.330 e. The van der Waals surface area contributed by atoms with Gasteiger partial charge in [-0.2, -0.15) is 0 Å². The molecule has 1 saturated carbocycles. The summed E-state index contributed by atoms with van der Waals surface area (Å²) < 4.78 is 1.98. The molecule has 0 radical (unpaired) electrons. The van der Waals surface area contributed by atoms with Crippen molar-refractivity contribution in [1.82, 2.24) is 15.0 Å². The monoisotopic (exact) mass is 180 g/mol. The van der Waals surface area contributed by atoms with Gasteiger partial charge in [0.1, 0.15) is 0 Å². The fourth-order valence-electron chi connectivity index (χ4n) is 2.20. The van der Waals surface area contributed by atoms with Crippen molar-refractivity contribution in [1.29, 1.82) is 0 Å². The number of rotatable bonds is 3. The fourth-order valence-corrected chi connectivity index (χ4v) is 2.20. The molecule has 0 bridgehead atoms. The van der Waals surface area contributed by atoms with E-state index in [-0.39, 0.29) is 0 Å². The van der Waals surface area contributed by atoms with E-state index in [0.29, 0.717) is 6.04 Å². The van der Waals surface area contributed by atoms with E-state index in [1.807, 2.05) is 10.9 Å². The van der Waals surface area contributed by atoms with E-state index in [2.05, 4.69) is 10.3 Å². The molecule has 0 spiro atoms. The highest BCUT2D eigenvalue weighted by molar-refractivity contribution is 4.81. The minimum absolute atomic E-state index is 0.569. The number of hydrogen-bond donors (Lipinski definition) is 1. The largest absolute Gasteiger partial charge is 0.330 e. The zero-order chi connectivity index (χ0) is 9.10. The molecule has 2 unspecified atom stereocenters. The van der Waals surface area contributed by atoms with Crippen molar-refractivity contribution in [2.45, 2.75) is 31.7 Å². The Morgan fingerprint density at radius 2 is 2.38 bits per heavy atom. The SMILES string of the molecule is NCCC1CCC(n2ccnn2)C1. The van der Waals surface area contributed by atoms with Gasteiger partial charge in [0.25, 0.3) is 0 Å². The van der Waals surface area contributed by atoms with E-state index in [0.717, 1.165) is 18.9 Å². The molecule has 0 aliphatic heterocycles. The van der Waals surface area contributed by atoms with Gasteiger partial charge in [-0.05, 0) is 38.1 Å². The van der Waals surface area contributed by atoms with Crippen LogP contribution in [0.1, 0.15) is 31.7 Å². The third kappa shape index (κ3) is 1.88. The predicted octanol–water partition coefficient (Wildman–Crippen LogP) is 0.968. The smallest absolute Gasteiger partial charge is 0.0693 e. The highest BCUT2D eigenvalue weighted by atomic mass is 15.4. The summed E-state index contributed by atoms with van der Waals surface area (Å²) in [5.41, 5.74) is 5.54. The average Bonchev–Trinajstić information content (AvgIpc) is 2.70. The molecule has 0 saturated heterocycles. The van der Waals surface area contributed by atoms with Crippen LogP contribution < -0.4 is 5.73 Å². The molecular weight excluding hydrogens is 164 g/mol. The molecule has 4 heteroatoms. The topological polar surface area (TPSA) is 56.7 Å². The van der Waals surface area contributed by atoms with Crippen LogP contribution in [0.4, 0.5) is 0 Å². The van der Waals surface area contributed by atoms with E-state index in [1.165, 1.54) is 19.3 Å².